The van der Waals surface area contributed by atoms with Crippen molar-refractivity contribution in [1.82, 2.24) is 0 Å². The highest BCUT2D eigenvalue weighted by molar-refractivity contribution is 7.97. The van der Waals surface area contributed by atoms with Crippen LogP contribution < -0.4 is 4.74 Å². The molecule has 2 nitrogen and oxygen atoms in total. The van der Waals surface area contributed by atoms with E-state index in [-0.39, 0.29) is 5.12 Å². The van der Waals surface area contributed by atoms with Crippen LogP contribution in [0.4, 0.5) is 0 Å². The molecule has 0 bridgehead atoms. The maximum Gasteiger partial charge on any atom is 0.216 e. The first kappa shape index (κ1) is 11.1. The number of carbonyl (C=O) groups is 1. The molecule has 0 atom stereocenters. The molecule has 0 unspecified atom stereocenters. The Morgan fingerprint density at radius 3 is 2.57 bits per heavy atom. The van der Waals surface area contributed by atoms with Crippen molar-refractivity contribution in [2.75, 3.05) is 6.61 Å². The van der Waals surface area contributed by atoms with Crippen molar-refractivity contribution < 1.29 is 9.53 Å². The molecule has 14 heavy (non-hydrogen) atoms. The average molecular weight is 210 g/mol. The van der Waals surface area contributed by atoms with E-state index >= 15 is 0 Å². The molecule has 0 spiro atoms. The van der Waals surface area contributed by atoms with Gasteiger partial charge in [0.25, 0.3) is 0 Å². The van der Waals surface area contributed by atoms with Crippen LogP contribution in [0.5, 0.6) is 5.75 Å². The van der Waals surface area contributed by atoms with Crippen molar-refractivity contribution in [2.45, 2.75) is 20.8 Å². The van der Waals surface area contributed by atoms with Crippen molar-refractivity contribution in [3.8, 4) is 5.75 Å². The van der Waals surface area contributed by atoms with E-state index < -0.39 is 0 Å². The maximum absolute atomic E-state index is 11.1. The zero-order chi connectivity index (χ0) is 10.7. The lowest BCUT2D eigenvalue weighted by Crippen LogP contribution is -2.01. The third-order valence-corrected chi connectivity index (χ3v) is 2.36. The van der Waals surface area contributed by atoms with Crippen LogP contribution in [0.1, 0.15) is 28.4 Å². The lowest BCUT2D eigenvalue weighted by Gasteiger charge is -2.12. The Morgan fingerprint density at radius 1 is 1.43 bits per heavy atom. The number of aryl methyl sites for hydroxylation is 1. The lowest BCUT2D eigenvalue weighted by molar-refractivity contribution is 0.109. The van der Waals surface area contributed by atoms with Crippen LogP contribution in [0, 0.1) is 13.8 Å². The van der Waals surface area contributed by atoms with Gasteiger partial charge in [-0.25, -0.2) is 0 Å². The first-order chi connectivity index (χ1) is 6.57. The molecule has 0 aliphatic heterocycles. The zero-order valence-corrected chi connectivity index (χ0v) is 9.52. The first-order valence-electron chi connectivity index (χ1n) is 4.54. The second kappa shape index (κ2) is 4.51. The molecule has 0 N–H and O–H groups in total. The number of ether oxygens (including phenoxy) is 1. The summed E-state index contributed by atoms with van der Waals surface area (Å²) in [4.78, 5) is 11.1. The minimum atomic E-state index is -0.219. The van der Waals surface area contributed by atoms with Crippen molar-refractivity contribution in [1.29, 1.82) is 0 Å². The summed E-state index contributed by atoms with van der Waals surface area (Å²) in [7, 11) is 0. The molecule has 1 rings (SSSR count). The minimum Gasteiger partial charge on any atom is -0.493 e. The molecule has 0 aliphatic carbocycles. The van der Waals surface area contributed by atoms with Crippen LogP contribution in [0.3, 0.4) is 0 Å². The van der Waals surface area contributed by atoms with Crippen molar-refractivity contribution in [2.24, 2.45) is 0 Å². The largest absolute Gasteiger partial charge is 0.493 e. The molecule has 3 heteroatoms. The molecule has 76 valence electrons. The Balaban J connectivity index is 3.26. The van der Waals surface area contributed by atoms with E-state index in [0.29, 0.717) is 12.2 Å². The number of benzene rings is 1. The fraction of sp³-hybridized carbons (Fsp3) is 0.364. The number of hydrogen-bond donors (Lipinski definition) is 1. The normalized spacial score (nSPS) is 10.0. The molecular formula is C11H14O2S. The average Bonchev–Trinajstić information content (AvgIpc) is 2.11. The van der Waals surface area contributed by atoms with Gasteiger partial charge < -0.3 is 4.74 Å². The van der Waals surface area contributed by atoms with Crippen molar-refractivity contribution in [3.05, 3.63) is 28.8 Å². The summed E-state index contributed by atoms with van der Waals surface area (Å²) in [6, 6.07) is 3.66. The van der Waals surface area contributed by atoms with E-state index in [1.807, 2.05) is 26.8 Å². The summed E-state index contributed by atoms with van der Waals surface area (Å²) >= 11 is 3.81. The number of rotatable bonds is 3. The van der Waals surface area contributed by atoms with Gasteiger partial charge in [-0.2, -0.15) is 0 Å². The topological polar surface area (TPSA) is 26.3 Å². The zero-order valence-electron chi connectivity index (χ0n) is 8.63. The molecule has 0 heterocycles. The summed E-state index contributed by atoms with van der Waals surface area (Å²) in [6.45, 7) is 6.37. The van der Waals surface area contributed by atoms with Gasteiger partial charge in [0.2, 0.25) is 5.12 Å². The van der Waals surface area contributed by atoms with Crippen molar-refractivity contribution >= 4 is 17.7 Å². The van der Waals surface area contributed by atoms with Crippen LogP contribution in [-0.2, 0) is 0 Å². The highest BCUT2D eigenvalue weighted by Gasteiger charge is 2.11. The second-order valence-electron chi connectivity index (χ2n) is 3.12. The van der Waals surface area contributed by atoms with Gasteiger partial charge in [0.1, 0.15) is 5.75 Å². The molecule has 1 aromatic carbocycles. The highest BCUT2D eigenvalue weighted by Crippen LogP contribution is 2.26. The van der Waals surface area contributed by atoms with Crippen LogP contribution in [0.25, 0.3) is 0 Å². The van der Waals surface area contributed by atoms with E-state index in [2.05, 4.69) is 12.6 Å². The van der Waals surface area contributed by atoms with E-state index in [1.165, 1.54) is 0 Å². The molecule has 0 fully saturated rings. The van der Waals surface area contributed by atoms with Gasteiger partial charge in [-0.3, -0.25) is 4.79 Å². The van der Waals surface area contributed by atoms with Gasteiger partial charge in [-0.05, 0) is 32.4 Å². The Labute approximate surface area is 89.7 Å². The van der Waals surface area contributed by atoms with Crippen LogP contribution >= 0.6 is 12.6 Å². The second-order valence-corrected chi connectivity index (χ2v) is 3.53. The number of carbonyl (C=O) groups excluding carboxylic acids is 1. The van der Waals surface area contributed by atoms with E-state index in [1.54, 1.807) is 6.07 Å². The standard InChI is InChI=1S/C11H14O2S/c1-4-13-10-7(2)5-6-9(8(10)3)11(12)14/h5-6H,4H2,1-3H3,(H,12,14). The van der Waals surface area contributed by atoms with Crippen LogP contribution in [0.2, 0.25) is 0 Å². The number of hydrogen-bond acceptors (Lipinski definition) is 2. The smallest absolute Gasteiger partial charge is 0.216 e. The third kappa shape index (κ3) is 2.10. The van der Waals surface area contributed by atoms with Crippen LogP contribution in [0.15, 0.2) is 12.1 Å². The molecule has 0 radical (unpaired) electrons. The van der Waals surface area contributed by atoms with Crippen LogP contribution in [-0.4, -0.2) is 11.7 Å². The molecule has 0 amide bonds. The van der Waals surface area contributed by atoms with Gasteiger partial charge in [0.05, 0.1) is 6.61 Å². The summed E-state index contributed by atoms with van der Waals surface area (Å²) < 4.78 is 5.47. The molecule has 0 saturated heterocycles. The molecule has 0 saturated carbocycles. The predicted molar refractivity (Wildman–Crippen MR) is 60.4 cm³/mol. The Hall–Kier alpha value is -0.960. The van der Waals surface area contributed by atoms with E-state index in [4.69, 9.17) is 4.74 Å². The Kier molecular flexibility index (Phi) is 3.58. The SMILES string of the molecule is CCOc1c(C)ccc(C(=O)S)c1C. The van der Waals surface area contributed by atoms with Gasteiger partial charge in [0.15, 0.2) is 0 Å². The summed E-state index contributed by atoms with van der Waals surface area (Å²) in [5.74, 6) is 0.799. The highest BCUT2D eigenvalue weighted by atomic mass is 32.1. The third-order valence-electron chi connectivity index (χ3n) is 2.12. The van der Waals surface area contributed by atoms with Gasteiger partial charge in [0, 0.05) is 11.1 Å². The minimum absolute atomic E-state index is 0.219. The summed E-state index contributed by atoms with van der Waals surface area (Å²) in [5.41, 5.74) is 2.52. The Bertz CT molecular complexity index is 359. The fourth-order valence-corrected chi connectivity index (χ4v) is 1.67. The summed E-state index contributed by atoms with van der Waals surface area (Å²) in [6.07, 6.45) is 0. The quantitative estimate of drug-likeness (QED) is 0.776. The first-order valence-corrected chi connectivity index (χ1v) is 4.99. The molecule has 0 aromatic heterocycles. The van der Waals surface area contributed by atoms with Gasteiger partial charge in [-0.1, -0.05) is 6.07 Å². The van der Waals surface area contributed by atoms with E-state index in [0.717, 1.165) is 16.9 Å². The van der Waals surface area contributed by atoms with E-state index in [9.17, 15) is 4.79 Å². The lowest BCUT2D eigenvalue weighted by atomic mass is 10.0. The Morgan fingerprint density at radius 2 is 2.07 bits per heavy atom. The van der Waals surface area contributed by atoms with Crippen molar-refractivity contribution in [3.63, 3.8) is 0 Å². The van der Waals surface area contributed by atoms with Gasteiger partial charge >= 0.3 is 0 Å². The predicted octanol–water partition coefficient (Wildman–Crippen LogP) is 2.77. The number of thiol groups is 1. The van der Waals surface area contributed by atoms with Gasteiger partial charge in [-0.15, -0.1) is 12.6 Å². The molecular weight excluding hydrogens is 196 g/mol. The monoisotopic (exact) mass is 210 g/mol. The maximum atomic E-state index is 11.1. The molecule has 0 aliphatic rings. The fourth-order valence-electron chi connectivity index (χ4n) is 1.43. The molecule has 1 aromatic rings. The summed E-state index contributed by atoms with van der Waals surface area (Å²) in [5, 5.41) is -0.219.